The van der Waals surface area contributed by atoms with Gasteiger partial charge in [-0.1, -0.05) is 0 Å². The van der Waals surface area contributed by atoms with E-state index in [4.69, 9.17) is 19.8 Å². The maximum Gasteiger partial charge on any atom is 0.490 e. The molecule has 3 N–H and O–H groups in total. The van der Waals surface area contributed by atoms with E-state index < -0.39 is 30.3 Å². The standard InChI is InChI=1S/C18H12N8.2C2HF3O2/c19-5-3-15(17-12(8-20)2-1-6-21-17)26-10-13(9-25-26)16-14-4-7-22-18(14)24-11-23-16;2*3-2(4,5)1(6)7/h1-2,4,6-7,9-11,15H,3H2,(H,22,23,24);2*(H,6,7)/t15-;;/m0../s1. The van der Waals surface area contributed by atoms with Crippen molar-refractivity contribution in [1.82, 2.24) is 29.7 Å². The van der Waals surface area contributed by atoms with Gasteiger partial charge in [-0.25, -0.2) is 19.6 Å². The zero-order chi connectivity index (χ0) is 30.1. The number of alkyl halides is 6. The SMILES string of the molecule is N#CC[C@@H](c1ncccc1C#N)n1cc(-c2ncnc3[nH]ccc23)cn1.O=C(O)C(F)(F)F.O=C(O)C(F)(F)F. The highest BCUT2D eigenvalue weighted by atomic mass is 19.4. The fraction of sp³-hybridized carbons (Fsp3) is 0.182. The highest BCUT2D eigenvalue weighted by molar-refractivity contribution is 5.90. The summed E-state index contributed by atoms with van der Waals surface area (Å²) in [6.45, 7) is 0. The largest absolute Gasteiger partial charge is 0.490 e. The van der Waals surface area contributed by atoms with Crippen LogP contribution in [0.1, 0.15) is 23.7 Å². The molecule has 4 rings (SSSR count). The van der Waals surface area contributed by atoms with Gasteiger partial charge in [0.05, 0.1) is 35.6 Å². The van der Waals surface area contributed by atoms with E-state index in [1.54, 1.807) is 35.4 Å². The number of aliphatic carboxylic acids is 2. The van der Waals surface area contributed by atoms with E-state index in [0.29, 0.717) is 11.3 Å². The van der Waals surface area contributed by atoms with Crippen molar-refractivity contribution in [1.29, 1.82) is 10.5 Å². The summed E-state index contributed by atoms with van der Waals surface area (Å²) in [5, 5.41) is 38.1. The number of carbonyl (C=O) groups is 2. The Kier molecular flexibility index (Phi) is 9.84. The number of nitrogens with zero attached hydrogens (tertiary/aromatic N) is 7. The van der Waals surface area contributed by atoms with Crippen molar-refractivity contribution >= 4 is 23.0 Å². The summed E-state index contributed by atoms with van der Waals surface area (Å²) in [5.41, 5.74) is 3.25. The van der Waals surface area contributed by atoms with E-state index in [1.807, 2.05) is 12.3 Å². The molecule has 4 heterocycles. The topological polar surface area (TPSA) is 194 Å². The van der Waals surface area contributed by atoms with E-state index in [1.165, 1.54) is 6.33 Å². The smallest absolute Gasteiger partial charge is 0.475 e. The van der Waals surface area contributed by atoms with E-state index in [0.717, 1.165) is 22.3 Å². The number of hydrogen-bond donors (Lipinski definition) is 3. The highest BCUT2D eigenvalue weighted by Crippen LogP contribution is 2.28. The lowest BCUT2D eigenvalue weighted by molar-refractivity contribution is -0.193. The number of H-pyrrole nitrogens is 1. The fourth-order valence-corrected chi connectivity index (χ4v) is 2.91. The maximum atomic E-state index is 10.6. The van der Waals surface area contributed by atoms with Gasteiger partial charge in [0.25, 0.3) is 0 Å². The lowest BCUT2D eigenvalue weighted by atomic mass is 10.1. The number of carboxylic acids is 2. The minimum atomic E-state index is -5.08. The van der Waals surface area contributed by atoms with E-state index in [-0.39, 0.29) is 6.42 Å². The van der Waals surface area contributed by atoms with Crippen LogP contribution < -0.4 is 0 Å². The van der Waals surface area contributed by atoms with Gasteiger partial charge in [0.1, 0.15) is 24.1 Å². The lowest BCUT2D eigenvalue weighted by Gasteiger charge is -2.14. The number of pyridine rings is 1. The molecule has 4 aromatic rings. The zero-order valence-electron chi connectivity index (χ0n) is 19.5. The minimum absolute atomic E-state index is 0.149. The summed E-state index contributed by atoms with van der Waals surface area (Å²) in [5.74, 6) is -5.51. The highest BCUT2D eigenvalue weighted by Gasteiger charge is 2.38. The second-order valence-corrected chi connectivity index (χ2v) is 7.20. The molecule has 208 valence electrons. The summed E-state index contributed by atoms with van der Waals surface area (Å²) in [6, 6.07) is 9.11. The Morgan fingerprint density at radius 3 is 2.20 bits per heavy atom. The molecular formula is C22H14F6N8O4. The van der Waals surface area contributed by atoms with Gasteiger partial charge in [0.15, 0.2) is 0 Å². The van der Waals surface area contributed by atoms with Crippen molar-refractivity contribution in [3.05, 3.63) is 60.6 Å². The van der Waals surface area contributed by atoms with Gasteiger partial charge in [0, 0.05) is 29.5 Å². The number of halogens is 6. The van der Waals surface area contributed by atoms with E-state index in [2.05, 4.69) is 37.2 Å². The van der Waals surface area contributed by atoms with Crippen molar-refractivity contribution < 1.29 is 46.1 Å². The van der Waals surface area contributed by atoms with Gasteiger partial charge in [-0.3, -0.25) is 9.67 Å². The van der Waals surface area contributed by atoms with Crippen LogP contribution in [0.5, 0.6) is 0 Å². The number of carboxylic acid groups (broad SMARTS) is 2. The van der Waals surface area contributed by atoms with Gasteiger partial charge >= 0.3 is 24.3 Å². The third kappa shape index (κ3) is 7.99. The third-order valence-electron chi connectivity index (χ3n) is 4.59. The van der Waals surface area contributed by atoms with Crippen LogP contribution >= 0.6 is 0 Å². The first-order chi connectivity index (χ1) is 18.7. The first kappa shape index (κ1) is 30.7. The molecule has 18 heteroatoms. The first-order valence-corrected chi connectivity index (χ1v) is 10.4. The zero-order valence-corrected chi connectivity index (χ0v) is 19.5. The van der Waals surface area contributed by atoms with E-state index >= 15 is 0 Å². The molecule has 4 aromatic heterocycles. The molecule has 1 atom stereocenters. The predicted molar refractivity (Wildman–Crippen MR) is 120 cm³/mol. The number of aromatic amines is 1. The fourth-order valence-electron chi connectivity index (χ4n) is 2.91. The summed E-state index contributed by atoms with van der Waals surface area (Å²) >= 11 is 0. The Morgan fingerprint density at radius 1 is 1.02 bits per heavy atom. The van der Waals surface area contributed by atoms with Gasteiger partial charge in [-0.05, 0) is 18.2 Å². The number of rotatable bonds is 4. The molecule has 0 aliphatic heterocycles. The van der Waals surface area contributed by atoms with Crippen LogP contribution in [0.2, 0.25) is 0 Å². The van der Waals surface area contributed by atoms with Crippen LogP contribution in [0.3, 0.4) is 0 Å². The Hall–Kier alpha value is -5.52. The van der Waals surface area contributed by atoms with Crippen LogP contribution in [0.15, 0.2) is 49.3 Å². The second-order valence-electron chi connectivity index (χ2n) is 7.20. The Labute approximate surface area is 218 Å². The molecule has 0 bridgehead atoms. The molecule has 0 aromatic carbocycles. The van der Waals surface area contributed by atoms with Crippen molar-refractivity contribution in [2.45, 2.75) is 24.8 Å². The summed E-state index contributed by atoms with van der Waals surface area (Å²) < 4.78 is 65.1. The summed E-state index contributed by atoms with van der Waals surface area (Å²) in [6.07, 6.45) is -1.61. The molecule has 0 saturated heterocycles. The number of nitriles is 2. The average Bonchev–Trinajstić information content (AvgIpc) is 3.57. The number of fused-ring (bicyclic) bond motifs is 1. The van der Waals surface area contributed by atoms with Gasteiger partial charge in [-0.15, -0.1) is 0 Å². The van der Waals surface area contributed by atoms with Gasteiger partial charge in [-0.2, -0.15) is 42.0 Å². The monoisotopic (exact) mass is 568 g/mol. The molecule has 0 saturated carbocycles. The normalized spacial score (nSPS) is 11.6. The summed E-state index contributed by atoms with van der Waals surface area (Å²) in [4.78, 5) is 33.7. The van der Waals surface area contributed by atoms with Gasteiger partial charge < -0.3 is 15.2 Å². The molecule has 40 heavy (non-hydrogen) atoms. The Bertz CT molecular complexity index is 1540. The molecule has 0 unspecified atom stereocenters. The molecular weight excluding hydrogens is 554 g/mol. The maximum absolute atomic E-state index is 10.6. The van der Waals surface area contributed by atoms with Crippen LogP contribution in [-0.2, 0) is 9.59 Å². The third-order valence-corrected chi connectivity index (χ3v) is 4.59. The molecule has 0 spiro atoms. The number of aromatic nitrogens is 6. The molecule has 0 aliphatic rings. The van der Waals surface area contributed by atoms with Crippen LogP contribution in [0, 0.1) is 22.7 Å². The van der Waals surface area contributed by atoms with Crippen molar-refractivity contribution in [2.75, 3.05) is 0 Å². The molecule has 0 aliphatic carbocycles. The molecule has 0 fully saturated rings. The molecule has 12 nitrogen and oxygen atoms in total. The van der Waals surface area contributed by atoms with E-state index in [9.17, 15) is 36.9 Å². The summed E-state index contributed by atoms with van der Waals surface area (Å²) in [7, 11) is 0. The van der Waals surface area contributed by atoms with Crippen LogP contribution in [-0.4, -0.2) is 64.2 Å². The minimum Gasteiger partial charge on any atom is -0.475 e. The van der Waals surface area contributed by atoms with Crippen molar-refractivity contribution in [2.24, 2.45) is 0 Å². The average molecular weight is 568 g/mol. The Balaban J connectivity index is 0.000000333. The van der Waals surface area contributed by atoms with Gasteiger partial charge in [0.2, 0.25) is 0 Å². The first-order valence-electron chi connectivity index (χ1n) is 10.4. The predicted octanol–water partition coefficient (Wildman–Crippen LogP) is 3.86. The van der Waals surface area contributed by atoms with Crippen LogP contribution in [0.25, 0.3) is 22.3 Å². The molecule has 0 radical (unpaired) electrons. The number of hydrogen-bond acceptors (Lipinski definition) is 8. The number of nitrogens with one attached hydrogen (secondary N) is 1. The lowest BCUT2D eigenvalue weighted by Crippen LogP contribution is -2.21. The van der Waals surface area contributed by atoms with Crippen molar-refractivity contribution in [3.63, 3.8) is 0 Å². The second kappa shape index (κ2) is 12.8. The molecule has 0 amide bonds. The van der Waals surface area contributed by atoms with Crippen molar-refractivity contribution in [3.8, 4) is 23.4 Å². The Morgan fingerprint density at radius 2 is 1.65 bits per heavy atom. The van der Waals surface area contributed by atoms with Crippen LogP contribution in [0.4, 0.5) is 26.3 Å². The quantitative estimate of drug-likeness (QED) is 0.304.